The highest BCUT2D eigenvalue weighted by molar-refractivity contribution is 5.73. The van der Waals surface area contributed by atoms with E-state index in [9.17, 15) is 38.7 Å². The van der Waals surface area contributed by atoms with Gasteiger partial charge in [0.1, 0.15) is 37.6 Å². The van der Waals surface area contributed by atoms with E-state index >= 15 is 0 Å². The predicted octanol–water partition coefficient (Wildman–Crippen LogP) is -1.83. The van der Waals surface area contributed by atoms with Crippen LogP contribution < -0.4 is 5.32 Å². The Morgan fingerprint density at radius 1 is 0.568 bits per heavy atom. The number of hydrogen-bond acceptors (Lipinski definition) is 17. The van der Waals surface area contributed by atoms with E-state index in [1.165, 1.54) is 0 Å². The Labute approximate surface area is 251 Å². The molecule has 0 saturated carbocycles. The third kappa shape index (κ3) is 10.7. The number of carbonyl (C=O) groups is 7. The van der Waals surface area contributed by atoms with Crippen molar-refractivity contribution in [3.63, 3.8) is 0 Å². The molecule has 2 fully saturated rings. The maximum Gasteiger partial charge on any atom is 0.303 e. The second-order valence-electron chi connectivity index (χ2n) is 9.84. The first kappa shape index (κ1) is 36.3. The van der Waals surface area contributed by atoms with E-state index in [-0.39, 0.29) is 0 Å². The third-order valence-electron chi connectivity index (χ3n) is 6.03. The average Bonchev–Trinajstić information content (AvgIpc) is 2.87. The van der Waals surface area contributed by atoms with Gasteiger partial charge >= 0.3 is 35.8 Å². The second kappa shape index (κ2) is 16.3. The molecule has 2 unspecified atom stereocenters. The van der Waals surface area contributed by atoms with Crippen molar-refractivity contribution < 1.29 is 81.3 Å². The van der Waals surface area contributed by atoms with Crippen LogP contribution >= 0.6 is 0 Å². The van der Waals surface area contributed by atoms with Gasteiger partial charge in [-0.05, 0) is 0 Å². The summed E-state index contributed by atoms with van der Waals surface area (Å²) >= 11 is 0. The number of hydrogen-bond donors (Lipinski definition) is 2. The zero-order chi connectivity index (χ0) is 33.3. The molecule has 0 bridgehead atoms. The molecule has 18 heteroatoms. The Morgan fingerprint density at radius 2 is 1.00 bits per heavy atom. The van der Waals surface area contributed by atoms with E-state index in [1.807, 2.05) is 0 Å². The van der Waals surface area contributed by atoms with Crippen LogP contribution in [0.1, 0.15) is 48.5 Å². The summed E-state index contributed by atoms with van der Waals surface area (Å²) < 4.78 is 49.2. The van der Waals surface area contributed by atoms with E-state index in [0.29, 0.717) is 0 Å². The Morgan fingerprint density at radius 3 is 1.45 bits per heavy atom. The average molecular weight is 636 g/mol. The van der Waals surface area contributed by atoms with Crippen LogP contribution in [0.25, 0.3) is 0 Å². The molecule has 18 nitrogen and oxygen atoms in total. The van der Waals surface area contributed by atoms with Crippen molar-refractivity contribution in [1.29, 1.82) is 0 Å². The number of nitrogens with one attached hydrogen (secondary N) is 1. The van der Waals surface area contributed by atoms with Gasteiger partial charge in [-0.1, -0.05) is 0 Å². The lowest BCUT2D eigenvalue weighted by Crippen LogP contribution is -2.68. The van der Waals surface area contributed by atoms with Crippen molar-refractivity contribution in [3.05, 3.63) is 0 Å². The fraction of sp³-hybridized carbons (Fsp3) is 0.731. The highest BCUT2D eigenvalue weighted by Crippen LogP contribution is 2.34. The largest absolute Gasteiger partial charge is 0.463 e. The predicted molar refractivity (Wildman–Crippen MR) is 138 cm³/mol. The topological polar surface area (TPSA) is 235 Å². The van der Waals surface area contributed by atoms with Crippen molar-refractivity contribution in [1.82, 2.24) is 5.32 Å². The van der Waals surface area contributed by atoms with E-state index in [1.54, 1.807) is 0 Å². The quantitative estimate of drug-likeness (QED) is 0.188. The molecule has 2 aliphatic heterocycles. The summed E-state index contributed by atoms with van der Waals surface area (Å²) in [6.07, 6.45) is -14.2. The van der Waals surface area contributed by atoms with E-state index in [2.05, 4.69) is 5.32 Å². The van der Waals surface area contributed by atoms with Gasteiger partial charge < -0.3 is 53.1 Å². The molecule has 248 valence electrons. The molecule has 0 aromatic rings. The lowest BCUT2D eigenvalue weighted by Gasteiger charge is -2.48. The Kier molecular flexibility index (Phi) is 13.4. The Hall–Kier alpha value is -3.87. The number of ether oxygens (including phenoxy) is 9. The Balaban J connectivity index is 2.66. The van der Waals surface area contributed by atoms with Gasteiger partial charge in [-0.25, -0.2) is 0 Å². The maximum atomic E-state index is 12.2. The highest BCUT2D eigenvalue weighted by atomic mass is 16.8. The molecule has 10 atom stereocenters. The summed E-state index contributed by atoms with van der Waals surface area (Å²) in [5, 5.41) is 13.1. The summed E-state index contributed by atoms with van der Waals surface area (Å²) in [5.74, 6) is -5.68. The molecule has 2 rings (SSSR count). The molecule has 0 aliphatic carbocycles. The molecule has 1 amide bonds. The van der Waals surface area contributed by atoms with Crippen molar-refractivity contribution in [2.45, 2.75) is 110 Å². The highest BCUT2D eigenvalue weighted by Gasteiger charge is 2.56. The first-order valence-corrected chi connectivity index (χ1v) is 13.4. The van der Waals surface area contributed by atoms with Crippen LogP contribution in [0.4, 0.5) is 0 Å². The van der Waals surface area contributed by atoms with Gasteiger partial charge in [-0.15, -0.1) is 0 Å². The molecule has 0 aromatic carbocycles. The summed E-state index contributed by atoms with van der Waals surface area (Å²) in [4.78, 5) is 83.6. The van der Waals surface area contributed by atoms with Crippen molar-refractivity contribution >= 4 is 41.7 Å². The number of amides is 1. The van der Waals surface area contributed by atoms with Crippen LogP contribution in [0.5, 0.6) is 0 Å². The van der Waals surface area contributed by atoms with Gasteiger partial charge in [-0.3, -0.25) is 33.6 Å². The van der Waals surface area contributed by atoms with E-state index < -0.39 is 116 Å². The van der Waals surface area contributed by atoms with Crippen LogP contribution in [0, 0.1) is 0 Å². The minimum Gasteiger partial charge on any atom is -0.463 e. The zero-order valence-corrected chi connectivity index (χ0v) is 25.2. The first-order chi connectivity index (χ1) is 20.5. The number of esters is 6. The second-order valence-corrected chi connectivity index (χ2v) is 9.84. The van der Waals surface area contributed by atoms with Gasteiger partial charge in [0.25, 0.3) is 0 Å². The zero-order valence-electron chi connectivity index (χ0n) is 25.2. The normalized spacial score (nSPS) is 31.5. The van der Waals surface area contributed by atoms with Gasteiger partial charge in [0, 0.05) is 48.5 Å². The number of rotatable bonds is 11. The monoisotopic (exact) mass is 635 g/mol. The maximum absolute atomic E-state index is 12.2. The van der Waals surface area contributed by atoms with Gasteiger partial charge in [0.15, 0.2) is 37.0 Å². The minimum absolute atomic E-state index is 0.559. The fourth-order valence-electron chi connectivity index (χ4n) is 4.59. The first-order valence-electron chi connectivity index (χ1n) is 13.4. The third-order valence-corrected chi connectivity index (χ3v) is 6.03. The molecule has 2 heterocycles. The molecular formula is C26H37NO17. The van der Waals surface area contributed by atoms with Crippen LogP contribution in [-0.4, -0.2) is 121 Å². The lowest BCUT2D eigenvalue weighted by molar-refractivity contribution is -0.347. The SMILES string of the molecule is CC(=O)N[C@H]1[C@@H](OC(C)=O)[C@@H](O[C@@H]2OC(COC(C)=O)[C@H](OC(C)=O)[C@H](OC(C)=O)[C@H]2OC(C)=O)C(COC(C)=O)O[C@H]1O. The fourth-order valence-corrected chi connectivity index (χ4v) is 4.59. The standard InChI is InChI=1S/C26H37NO17/c1-10(28)27-19-22(39-14(5)32)20(17(42-25(19)35)8-36-11(2)29)44-26-24(41-16(7)34)23(40-15(6)33)21(38-13(4)31)18(43-26)9-37-12(3)30/h17-26,35H,8-9H2,1-7H3,(H,27,28)/t17?,18?,19-,20-,21-,22+,23-,24+,25+,26-/m0/s1. The van der Waals surface area contributed by atoms with E-state index in [0.717, 1.165) is 48.5 Å². The van der Waals surface area contributed by atoms with Gasteiger partial charge in [0.05, 0.1) is 0 Å². The molecular weight excluding hydrogens is 598 g/mol. The van der Waals surface area contributed by atoms with Crippen molar-refractivity contribution in [3.8, 4) is 0 Å². The van der Waals surface area contributed by atoms with Crippen LogP contribution in [0.15, 0.2) is 0 Å². The lowest BCUT2D eigenvalue weighted by atomic mass is 9.95. The summed E-state index contributed by atoms with van der Waals surface area (Å²) in [6.45, 7) is 6.33. The van der Waals surface area contributed by atoms with Crippen molar-refractivity contribution in [2.75, 3.05) is 13.2 Å². The van der Waals surface area contributed by atoms with Crippen LogP contribution in [0.2, 0.25) is 0 Å². The molecule has 44 heavy (non-hydrogen) atoms. The smallest absolute Gasteiger partial charge is 0.303 e. The molecule has 2 saturated heterocycles. The summed E-state index contributed by atoms with van der Waals surface area (Å²) in [7, 11) is 0. The molecule has 2 aliphatic rings. The number of aliphatic hydroxyl groups excluding tert-OH is 1. The van der Waals surface area contributed by atoms with Crippen LogP contribution in [-0.2, 0) is 76.2 Å². The Bertz CT molecular complexity index is 1090. The molecule has 0 radical (unpaired) electrons. The number of aliphatic hydroxyl groups is 1. The molecule has 0 aromatic heterocycles. The molecule has 2 N–H and O–H groups in total. The summed E-state index contributed by atoms with van der Waals surface area (Å²) in [5.41, 5.74) is 0. The summed E-state index contributed by atoms with van der Waals surface area (Å²) in [6, 6.07) is -1.43. The van der Waals surface area contributed by atoms with Gasteiger partial charge in [-0.2, -0.15) is 0 Å². The van der Waals surface area contributed by atoms with Gasteiger partial charge in [0.2, 0.25) is 5.91 Å². The minimum atomic E-state index is -1.79. The van der Waals surface area contributed by atoms with Crippen LogP contribution in [0.3, 0.4) is 0 Å². The molecule has 0 spiro atoms. The number of carbonyl (C=O) groups excluding carboxylic acids is 7. The van der Waals surface area contributed by atoms with Crippen molar-refractivity contribution in [2.24, 2.45) is 0 Å². The van der Waals surface area contributed by atoms with E-state index in [4.69, 9.17) is 42.6 Å².